The predicted molar refractivity (Wildman–Crippen MR) is 77.4 cm³/mol. The maximum Gasteiger partial charge on any atom is 0.130 e. The molecule has 0 saturated carbocycles. The highest BCUT2D eigenvalue weighted by molar-refractivity contribution is 9.10. The summed E-state index contributed by atoms with van der Waals surface area (Å²) in [5.41, 5.74) is 8.12. The first-order chi connectivity index (χ1) is 8.60. The first-order valence-electron chi connectivity index (χ1n) is 5.44. The third kappa shape index (κ3) is 2.73. The van der Waals surface area contributed by atoms with E-state index in [1.165, 1.54) is 0 Å². The summed E-state index contributed by atoms with van der Waals surface area (Å²) in [6, 6.07) is 9.38. The SMILES string of the molecule is COc1ccc(Br)c(Nc2ccc(N)c(C)n2)c1. The molecule has 1 aromatic carbocycles. The van der Waals surface area contributed by atoms with Gasteiger partial charge in [-0.3, -0.25) is 0 Å². The zero-order valence-electron chi connectivity index (χ0n) is 10.2. The van der Waals surface area contributed by atoms with Crippen molar-refractivity contribution in [2.75, 3.05) is 18.2 Å². The Hall–Kier alpha value is -1.75. The molecule has 0 radical (unpaired) electrons. The van der Waals surface area contributed by atoms with Crippen molar-refractivity contribution in [1.29, 1.82) is 0 Å². The van der Waals surface area contributed by atoms with Gasteiger partial charge in [-0.05, 0) is 47.1 Å². The molecule has 4 nitrogen and oxygen atoms in total. The van der Waals surface area contributed by atoms with Crippen molar-refractivity contribution in [2.45, 2.75) is 6.92 Å². The predicted octanol–water partition coefficient (Wildman–Crippen LogP) is 3.49. The van der Waals surface area contributed by atoms with Gasteiger partial charge < -0.3 is 15.8 Å². The van der Waals surface area contributed by atoms with Crippen molar-refractivity contribution in [2.24, 2.45) is 0 Å². The number of anilines is 3. The summed E-state index contributed by atoms with van der Waals surface area (Å²) < 4.78 is 6.13. The number of pyridine rings is 1. The van der Waals surface area contributed by atoms with E-state index >= 15 is 0 Å². The lowest BCUT2D eigenvalue weighted by atomic mass is 10.3. The highest BCUT2D eigenvalue weighted by Gasteiger charge is 2.04. The molecule has 5 heteroatoms. The second-order valence-electron chi connectivity index (χ2n) is 3.84. The van der Waals surface area contributed by atoms with Gasteiger partial charge >= 0.3 is 0 Å². The molecule has 0 aliphatic rings. The number of halogens is 1. The van der Waals surface area contributed by atoms with Crippen molar-refractivity contribution < 1.29 is 4.74 Å². The number of benzene rings is 1. The maximum absolute atomic E-state index is 5.74. The molecule has 0 aliphatic carbocycles. The highest BCUT2D eigenvalue weighted by Crippen LogP contribution is 2.29. The lowest BCUT2D eigenvalue weighted by Crippen LogP contribution is -1.99. The molecular formula is C13H14BrN3O. The number of methoxy groups -OCH3 is 1. The molecule has 2 rings (SSSR count). The molecule has 18 heavy (non-hydrogen) atoms. The average Bonchev–Trinajstić information content (AvgIpc) is 2.36. The molecule has 0 fully saturated rings. The standard InChI is InChI=1S/C13H14BrN3O/c1-8-11(15)5-6-13(16-8)17-12-7-9(18-2)3-4-10(12)14/h3-7H,15H2,1-2H3,(H,16,17). The number of rotatable bonds is 3. The monoisotopic (exact) mass is 307 g/mol. The van der Waals surface area contributed by atoms with E-state index < -0.39 is 0 Å². The number of hydrogen-bond acceptors (Lipinski definition) is 4. The zero-order valence-corrected chi connectivity index (χ0v) is 11.8. The van der Waals surface area contributed by atoms with Crippen molar-refractivity contribution in [3.63, 3.8) is 0 Å². The molecule has 3 N–H and O–H groups in total. The second-order valence-corrected chi connectivity index (χ2v) is 4.70. The first-order valence-corrected chi connectivity index (χ1v) is 6.23. The van der Waals surface area contributed by atoms with Crippen molar-refractivity contribution in [1.82, 2.24) is 4.98 Å². The molecule has 1 heterocycles. The van der Waals surface area contributed by atoms with Crippen LogP contribution < -0.4 is 15.8 Å². The van der Waals surface area contributed by atoms with Gasteiger partial charge in [0.25, 0.3) is 0 Å². The molecule has 0 unspecified atom stereocenters. The summed E-state index contributed by atoms with van der Waals surface area (Å²) in [4.78, 5) is 4.37. The Morgan fingerprint density at radius 3 is 2.72 bits per heavy atom. The Balaban J connectivity index is 2.30. The Labute approximate surface area is 114 Å². The van der Waals surface area contributed by atoms with Crippen LogP contribution in [0.1, 0.15) is 5.69 Å². The van der Waals surface area contributed by atoms with E-state index in [9.17, 15) is 0 Å². The van der Waals surface area contributed by atoms with Gasteiger partial charge in [0.05, 0.1) is 24.2 Å². The Bertz CT molecular complexity index is 572. The van der Waals surface area contributed by atoms with Crippen LogP contribution in [0.5, 0.6) is 5.75 Å². The van der Waals surface area contributed by atoms with E-state index in [2.05, 4.69) is 26.2 Å². The quantitative estimate of drug-likeness (QED) is 0.911. The third-order valence-corrected chi connectivity index (χ3v) is 3.25. The minimum atomic E-state index is 0.685. The van der Waals surface area contributed by atoms with Crippen LogP contribution in [0, 0.1) is 6.92 Å². The molecule has 0 saturated heterocycles. The van der Waals surface area contributed by atoms with E-state index in [0.717, 1.165) is 27.4 Å². The van der Waals surface area contributed by atoms with Crippen LogP contribution in [0.2, 0.25) is 0 Å². The lowest BCUT2D eigenvalue weighted by molar-refractivity contribution is 0.415. The van der Waals surface area contributed by atoms with Crippen molar-refractivity contribution in [3.8, 4) is 5.75 Å². The van der Waals surface area contributed by atoms with Gasteiger partial charge in [0, 0.05) is 10.5 Å². The minimum absolute atomic E-state index is 0.685. The first kappa shape index (κ1) is 12.7. The fourth-order valence-corrected chi connectivity index (χ4v) is 1.85. The summed E-state index contributed by atoms with van der Waals surface area (Å²) in [6.45, 7) is 1.88. The van der Waals surface area contributed by atoms with Gasteiger partial charge in [-0.1, -0.05) is 0 Å². The fourth-order valence-electron chi connectivity index (χ4n) is 1.51. The van der Waals surface area contributed by atoms with Crippen LogP contribution in [0.25, 0.3) is 0 Å². The van der Waals surface area contributed by atoms with Crippen LogP contribution in [-0.4, -0.2) is 12.1 Å². The fraction of sp³-hybridized carbons (Fsp3) is 0.154. The molecule has 0 atom stereocenters. The number of aromatic nitrogens is 1. The number of nitrogens with zero attached hydrogens (tertiary/aromatic N) is 1. The van der Waals surface area contributed by atoms with Crippen LogP contribution >= 0.6 is 15.9 Å². The summed E-state index contributed by atoms with van der Waals surface area (Å²) in [7, 11) is 1.64. The largest absolute Gasteiger partial charge is 0.497 e. The zero-order chi connectivity index (χ0) is 13.1. The smallest absolute Gasteiger partial charge is 0.130 e. The average molecular weight is 308 g/mol. The number of nitrogens with one attached hydrogen (secondary N) is 1. The molecule has 0 amide bonds. The number of aryl methyl sites for hydroxylation is 1. The normalized spacial score (nSPS) is 10.2. The second kappa shape index (κ2) is 5.27. The van der Waals surface area contributed by atoms with Crippen LogP contribution in [-0.2, 0) is 0 Å². The summed E-state index contributed by atoms with van der Waals surface area (Å²) in [5.74, 6) is 1.53. The van der Waals surface area contributed by atoms with E-state index in [1.54, 1.807) is 7.11 Å². The number of nitrogen functional groups attached to an aromatic ring is 1. The van der Waals surface area contributed by atoms with Gasteiger partial charge in [-0.2, -0.15) is 0 Å². The number of ether oxygens (including phenoxy) is 1. The van der Waals surface area contributed by atoms with Gasteiger partial charge in [0.2, 0.25) is 0 Å². The molecule has 94 valence electrons. The minimum Gasteiger partial charge on any atom is -0.497 e. The van der Waals surface area contributed by atoms with Crippen LogP contribution in [0.4, 0.5) is 17.2 Å². The molecule has 0 aliphatic heterocycles. The molecule has 0 bridgehead atoms. The van der Waals surface area contributed by atoms with Gasteiger partial charge in [0.1, 0.15) is 11.6 Å². The van der Waals surface area contributed by atoms with E-state index in [1.807, 2.05) is 37.3 Å². The van der Waals surface area contributed by atoms with Crippen LogP contribution in [0.15, 0.2) is 34.8 Å². The van der Waals surface area contributed by atoms with Crippen molar-refractivity contribution >= 4 is 33.1 Å². The number of nitrogens with two attached hydrogens (primary N) is 1. The van der Waals surface area contributed by atoms with E-state index in [-0.39, 0.29) is 0 Å². The summed E-state index contributed by atoms with van der Waals surface area (Å²) in [6.07, 6.45) is 0. The van der Waals surface area contributed by atoms with E-state index in [0.29, 0.717) is 5.69 Å². The van der Waals surface area contributed by atoms with Crippen molar-refractivity contribution in [3.05, 3.63) is 40.5 Å². The molecule has 2 aromatic rings. The molecular weight excluding hydrogens is 294 g/mol. The Morgan fingerprint density at radius 1 is 1.28 bits per heavy atom. The lowest BCUT2D eigenvalue weighted by Gasteiger charge is -2.10. The Kier molecular flexibility index (Phi) is 3.72. The topological polar surface area (TPSA) is 60.2 Å². The van der Waals surface area contributed by atoms with Gasteiger partial charge in [-0.25, -0.2) is 4.98 Å². The van der Waals surface area contributed by atoms with E-state index in [4.69, 9.17) is 10.5 Å². The Morgan fingerprint density at radius 2 is 2.06 bits per heavy atom. The molecule has 0 spiro atoms. The third-order valence-electron chi connectivity index (χ3n) is 2.56. The maximum atomic E-state index is 5.74. The van der Waals surface area contributed by atoms with Gasteiger partial charge in [-0.15, -0.1) is 0 Å². The summed E-state index contributed by atoms with van der Waals surface area (Å²) >= 11 is 3.48. The highest BCUT2D eigenvalue weighted by atomic mass is 79.9. The molecule has 1 aromatic heterocycles. The van der Waals surface area contributed by atoms with Gasteiger partial charge in [0.15, 0.2) is 0 Å². The summed E-state index contributed by atoms with van der Waals surface area (Å²) in [5, 5.41) is 3.22. The van der Waals surface area contributed by atoms with Crippen LogP contribution in [0.3, 0.4) is 0 Å². The number of hydrogen-bond donors (Lipinski definition) is 2.